The largest absolute Gasteiger partial charge is 0.352 e. The molecule has 0 fully saturated rings. The van der Waals surface area contributed by atoms with Crippen molar-refractivity contribution in [2.24, 2.45) is 5.92 Å². The molecule has 0 spiro atoms. The number of imidazole rings is 1. The Balaban J connectivity index is 1.60. The zero-order valence-corrected chi connectivity index (χ0v) is 13.5. The molecule has 6 nitrogen and oxygen atoms in total. The lowest BCUT2D eigenvalue weighted by molar-refractivity contribution is -0.125. The first-order valence-corrected chi connectivity index (χ1v) is 8.06. The second-order valence-corrected chi connectivity index (χ2v) is 6.42. The predicted octanol–water partition coefficient (Wildman–Crippen LogP) is 1.64. The number of hydrogen-bond donors (Lipinski definition) is 3. The van der Waals surface area contributed by atoms with E-state index in [2.05, 4.69) is 34.1 Å². The van der Waals surface area contributed by atoms with Gasteiger partial charge in [0.25, 0.3) is 0 Å². The molecule has 1 aliphatic rings. The maximum atomic E-state index is 12.4. The first-order chi connectivity index (χ1) is 11.0. The van der Waals surface area contributed by atoms with Crippen LogP contribution in [0.15, 0.2) is 23.1 Å². The summed E-state index contributed by atoms with van der Waals surface area (Å²) in [5.74, 6) is 1.41. The van der Waals surface area contributed by atoms with Crippen LogP contribution in [-0.4, -0.2) is 20.9 Å². The number of rotatable bonds is 4. The van der Waals surface area contributed by atoms with Crippen molar-refractivity contribution < 1.29 is 4.79 Å². The second-order valence-electron chi connectivity index (χ2n) is 6.42. The molecular weight excluding hydrogens is 292 g/mol. The highest BCUT2D eigenvalue weighted by atomic mass is 16.2. The molecule has 6 heteroatoms. The number of H-pyrrole nitrogens is 2. The fraction of sp³-hybridized carbons (Fsp3) is 0.471. The quantitative estimate of drug-likeness (QED) is 0.801. The number of nitrogens with one attached hydrogen (secondary N) is 3. The van der Waals surface area contributed by atoms with E-state index in [-0.39, 0.29) is 17.4 Å². The zero-order chi connectivity index (χ0) is 16.4. The van der Waals surface area contributed by atoms with Gasteiger partial charge in [-0.05, 0) is 18.4 Å². The Morgan fingerprint density at radius 2 is 2.26 bits per heavy atom. The van der Waals surface area contributed by atoms with Gasteiger partial charge in [0.05, 0.1) is 5.69 Å². The predicted molar refractivity (Wildman–Crippen MR) is 87.1 cm³/mol. The van der Waals surface area contributed by atoms with E-state index in [0.29, 0.717) is 18.9 Å². The van der Waals surface area contributed by atoms with Crippen molar-refractivity contribution in [1.82, 2.24) is 20.3 Å². The summed E-state index contributed by atoms with van der Waals surface area (Å²) >= 11 is 0. The Kier molecular flexibility index (Phi) is 4.32. The third-order valence-corrected chi connectivity index (χ3v) is 4.30. The number of pyridine rings is 1. The molecule has 2 aromatic heterocycles. The van der Waals surface area contributed by atoms with Crippen molar-refractivity contribution in [2.45, 2.75) is 45.6 Å². The summed E-state index contributed by atoms with van der Waals surface area (Å²) in [5.41, 5.74) is 2.96. The van der Waals surface area contributed by atoms with E-state index >= 15 is 0 Å². The van der Waals surface area contributed by atoms with Gasteiger partial charge in [-0.2, -0.15) is 0 Å². The molecule has 122 valence electrons. The number of amides is 1. The minimum absolute atomic E-state index is 0.0225. The topological polar surface area (TPSA) is 90.6 Å². The highest BCUT2D eigenvalue weighted by Crippen LogP contribution is 2.26. The Morgan fingerprint density at radius 3 is 2.96 bits per heavy atom. The molecular formula is C17H22N4O2. The monoisotopic (exact) mass is 314 g/mol. The molecule has 0 bridgehead atoms. The van der Waals surface area contributed by atoms with Crippen molar-refractivity contribution in [3.05, 3.63) is 51.5 Å². The van der Waals surface area contributed by atoms with Crippen LogP contribution < -0.4 is 10.9 Å². The van der Waals surface area contributed by atoms with Crippen LogP contribution in [0.3, 0.4) is 0 Å². The van der Waals surface area contributed by atoms with Crippen molar-refractivity contribution in [3.63, 3.8) is 0 Å². The fourth-order valence-electron chi connectivity index (χ4n) is 2.89. The average Bonchev–Trinajstić information content (AvgIpc) is 2.97. The van der Waals surface area contributed by atoms with E-state index < -0.39 is 0 Å². The smallest absolute Gasteiger partial charge is 0.247 e. The van der Waals surface area contributed by atoms with Crippen LogP contribution in [0, 0.1) is 5.92 Å². The summed E-state index contributed by atoms with van der Waals surface area (Å²) in [6, 6.07) is 3.19. The third kappa shape index (κ3) is 3.52. The molecule has 2 heterocycles. The number of hydrogen-bond acceptors (Lipinski definition) is 3. The normalized spacial score (nSPS) is 17.1. The number of carbonyl (C=O) groups excluding carboxylic acids is 1. The molecule has 3 N–H and O–H groups in total. The van der Waals surface area contributed by atoms with Crippen molar-refractivity contribution in [1.29, 1.82) is 0 Å². The van der Waals surface area contributed by atoms with E-state index in [1.807, 2.05) is 0 Å². The number of fused-ring (bicyclic) bond motifs is 1. The summed E-state index contributed by atoms with van der Waals surface area (Å²) in [5, 5.41) is 2.95. The lowest BCUT2D eigenvalue weighted by Crippen LogP contribution is -2.33. The molecule has 23 heavy (non-hydrogen) atoms. The highest BCUT2D eigenvalue weighted by Gasteiger charge is 2.27. The lowest BCUT2D eigenvalue weighted by atomic mass is 9.89. The molecule has 0 aliphatic heterocycles. The molecule has 2 aromatic rings. The highest BCUT2D eigenvalue weighted by molar-refractivity contribution is 5.79. The minimum atomic E-state index is -0.139. The van der Waals surface area contributed by atoms with E-state index in [9.17, 15) is 9.59 Å². The summed E-state index contributed by atoms with van der Waals surface area (Å²) in [6.45, 7) is 4.65. The van der Waals surface area contributed by atoms with E-state index in [4.69, 9.17) is 0 Å². The molecule has 3 rings (SSSR count). The van der Waals surface area contributed by atoms with Gasteiger partial charge in [-0.15, -0.1) is 0 Å². The van der Waals surface area contributed by atoms with E-state index in [1.54, 1.807) is 12.3 Å². The molecule has 0 aromatic carbocycles. The Hall–Kier alpha value is -2.37. The standard InChI is InChI=1S/C17H22N4O2/c1-10(2)16-20-13-5-4-12(7-14(13)21-16)17(23)19-9-11-3-6-15(22)18-8-11/h3,6,8,10,12H,4-5,7,9H2,1-2H3,(H,18,22)(H,19,23)(H,20,21). The maximum Gasteiger partial charge on any atom is 0.247 e. The van der Waals surface area contributed by atoms with Gasteiger partial charge in [-0.1, -0.05) is 19.9 Å². The van der Waals surface area contributed by atoms with Crippen LogP contribution in [0.2, 0.25) is 0 Å². The summed E-state index contributed by atoms with van der Waals surface area (Å²) in [7, 11) is 0. The van der Waals surface area contributed by atoms with Gasteiger partial charge in [0.1, 0.15) is 5.82 Å². The van der Waals surface area contributed by atoms with Gasteiger partial charge in [0.2, 0.25) is 11.5 Å². The van der Waals surface area contributed by atoms with Gasteiger partial charge in [-0.3, -0.25) is 9.59 Å². The second kappa shape index (κ2) is 6.40. The van der Waals surface area contributed by atoms with Crippen LogP contribution in [0.1, 0.15) is 49.0 Å². The van der Waals surface area contributed by atoms with Crippen LogP contribution >= 0.6 is 0 Å². The number of aryl methyl sites for hydroxylation is 1. The molecule has 1 amide bonds. The maximum absolute atomic E-state index is 12.4. The third-order valence-electron chi connectivity index (χ3n) is 4.30. The van der Waals surface area contributed by atoms with Gasteiger partial charge < -0.3 is 15.3 Å². The first kappa shape index (κ1) is 15.5. The van der Waals surface area contributed by atoms with E-state index in [0.717, 1.165) is 35.6 Å². The van der Waals surface area contributed by atoms with E-state index in [1.165, 1.54) is 6.07 Å². The van der Waals surface area contributed by atoms with Crippen molar-refractivity contribution >= 4 is 5.91 Å². The molecule has 1 unspecified atom stereocenters. The van der Waals surface area contributed by atoms with Gasteiger partial charge >= 0.3 is 0 Å². The van der Waals surface area contributed by atoms with Crippen molar-refractivity contribution in [3.8, 4) is 0 Å². The molecule has 1 aliphatic carbocycles. The Morgan fingerprint density at radius 1 is 1.43 bits per heavy atom. The lowest BCUT2D eigenvalue weighted by Gasteiger charge is -2.20. The van der Waals surface area contributed by atoms with Crippen LogP contribution in [-0.2, 0) is 24.2 Å². The molecule has 0 saturated carbocycles. The number of aromatic amines is 2. The van der Waals surface area contributed by atoms with Crippen LogP contribution in [0.25, 0.3) is 0 Å². The first-order valence-electron chi connectivity index (χ1n) is 8.06. The number of carbonyl (C=O) groups is 1. The molecule has 0 radical (unpaired) electrons. The summed E-state index contributed by atoms with van der Waals surface area (Å²) in [4.78, 5) is 34.0. The minimum Gasteiger partial charge on any atom is -0.352 e. The Labute approximate surface area is 134 Å². The summed E-state index contributed by atoms with van der Waals surface area (Å²) < 4.78 is 0. The van der Waals surface area contributed by atoms with Crippen LogP contribution in [0.4, 0.5) is 0 Å². The molecule has 0 saturated heterocycles. The Bertz CT molecular complexity index is 740. The SMILES string of the molecule is CC(C)c1nc2c([nH]1)CC(C(=O)NCc1ccc(=O)[nH]c1)CC2. The number of nitrogens with zero attached hydrogens (tertiary/aromatic N) is 1. The van der Waals surface area contributed by atoms with Gasteiger partial charge in [0.15, 0.2) is 0 Å². The average molecular weight is 314 g/mol. The van der Waals surface area contributed by atoms with Crippen molar-refractivity contribution in [2.75, 3.05) is 0 Å². The number of aromatic nitrogens is 3. The fourth-order valence-corrected chi connectivity index (χ4v) is 2.89. The van der Waals surface area contributed by atoms with Gasteiger partial charge in [-0.25, -0.2) is 4.98 Å². The van der Waals surface area contributed by atoms with Gasteiger partial charge in [0, 0.05) is 42.8 Å². The summed E-state index contributed by atoms with van der Waals surface area (Å²) in [6.07, 6.45) is 4.01. The zero-order valence-electron chi connectivity index (χ0n) is 13.5. The van der Waals surface area contributed by atoms with Crippen LogP contribution in [0.5, 0.6) is 0 Å². The molecule has 1 atom stereocenters.